The number of benzene rings is 2. The van der Waals surface area contributed by atoms with E-state index in [2.05, 4.69) is 5.32 Å². The van der Waals surface area contributed by atoms with E-state index in [9.17, 15) is 9.59 Å². The summed E-state index contributed by atoms with van der Waals surface area (Å²) in [5, 5.41) is 2.79. The van der Waals surface area contributed by atoms with Gasteiger partial charge >= 0.3 is 0 Å². The zero-order valence-corrected chi connectivity index (χ0v) is 10.7. The van der Waals surface area contributed by atoms with Crippen LogP contribution in [0.4, 0.5) is 5.69 Å². The molecule has 3 heteroatoms. The van der Waals surface area contributed by atoms with Crippen molar-refractivity contribution in [2.75, 3.05) is 5.32 Å². The maximum Gasteiger partial charge on any atom is 0.228 e. The molecule has 2 rings (SSSR count). The Hall–Kier alpha value is -2.42. The number of nitrogens with one attached hydrogen (secondary N) is 1. The first-order valence-electron chi connectivity index (χ1n) is 6.10. The van der Waals surface area contributed by atoms with Crippen LogP contribution in [0.5, 0.6) is 0 Å². The van der Waals surface area contributed by atoms with E-state index in [1.54, 1.807) is 24.3 Å². The Morgan fingerprint density at radius 3 is 2.42 bits per heavy atom. The van der Waals surface area contributed by atoms with Gasteiger partial charge in [-0.3, -0.25) is 9.59 Å². The van der Waals surface area contributed by atoms with Crippen molar-refractivity contribution in [2.24, 2.45) is 0 Å². The Bertz CT molecular complexity index is 591. The summed E-state index contributed by atoms with van der Waals surface area (Å²) in [6.07, 6.45) is 0.325. The van der Waals surface area contributed by atoms with Gasteiger partial charge in [0.2, 0.25) is 5.91 Å². The van der Waals surface area contributed by atoms with Crippen LogP contribution in [0.3, 0.4) is 0 Å². The fourth-order valence-electron chi connectivity index (χ4n) is 1.80. The summed E-state index contributed by atoms with van der Waals surface area (Å²) in [6.45, 7) is 1.50. The molecule has 0 radical (unpaired) electrons. The lowest BCUT2D eigenvalue weighted by molar-refractivity contribution is -0.115. The van der Waals surface area contributed by atoms with Gasteiger partial charge in [0.15, 0.2) is 5.78 Å². The first-order valence-corrected chi connectivity index (χ1v) is 6.10. The van der Waals surface area contributed by atoms with Crippen molar-refractivity contribution in [3.05, 3.63) is 65.7 Å². The summed E-state index contributed by atoms with van der Waals surface area (Å²) in [6, 6.07) is 16.5. The number of hydrogen-bond donors (Lipinski definition) is 1. The van der Waals surface area contributed by atoms with E-state index < -0.39 is 0 Å². The summed E-state index contributed by atoms with van der Waals surface area (Å²) in [5.74, 6) is -0.105. The summed E-state index contributed by atoms with van der Waals surface area (Å²) >= 11 is 0. The third-order valence-electron chi connectivity index (χ3n) is 2.76. The van der Waals surface area contributed by atoms with Gasteiger partial charge in [-0.1, -0.05) is 42.5 Å². The molecule has 0 spiro atoms. The molecule has 0 unspecified atom stereocenters. The highest BCUT2D eigenvalue weighted by Crippen LogP contribution is 2.12. The van der Waals surface area contributed by atoms with E-state index in [-0.39, 0.29) is 11.7 Å². The predicted molar refractivity (Wildman–Crippen MR) is 75.2 cm³/mol. The first kappa shape index (κ1) is 13.0. The third kappa shape index (κ3) is 3.78. The smallest absolute Gasteiger partial charge is 0.228 e. The van der Waals surface area contributed by atoms with Crippen LogP contribution in [-0.4, -0.2) is 11.7 Å². The molecule has 96 valence electrons. The van der Waals surface area contributed by atoms with E-state index >= 15 is 0 Å². The van der Waals surface area contributed by atoms with Gasteiger partial charge in [0.05, 0.1) is 6.42 Å². The van der Waals surface area contributed by atoms with Gasteiger partial charge in [-0.25, -0.2) is 0 Å². The van der Waals surface area contributed by atoms with Crippen LogP contribution in [-0.2, 0) is 11.2 Å². The van der Waals surface area contributed by atoms with Gasteiger partial charge < -0.3 is 5.32 Å². The van der Waals surface area contributed by atoms with Crippen LogP contribution in [0.25, 0.3) is 0 Å². The number of amides is 1. The van der Waals surface area contributed by atoms with Crippen LogP contribution >= 0.6 is 0 Å². The maximum absolute atomic E-state index is 11.9. The minimum atomic E-state index is -0.0908. The Kier molecular flexibility index (Phi) is 4.08. The molecule has 19 heavy (non-hydrogen) atoms. The molecule has 0 bridgehead atoms. The van der Waals surface area contributed by atoms with Crippen LogP contribution < -0.4 is 5.32 Å². The molecule has 0 aliphatic carbocycles. The van der Waals surface area contributed by atoms with Crippen molar-refractivity contribution < 1.29 is 9.59 Å². The number of carbonyl (C=O) groups excluding carboxylic acids is 2. The van der Waals surface area contributed by atoms with Gasteiger partial charge in [-0.15, -0.1) is 0 Å². The number of ketones is 1. The molecule has 0 saturated heterocycles. The van der Waals surface area contributed by atoms with Crippen molar-refractivity contribution in [1.82, 2.24) is 0 Å². The van der Waals surface area contributed by atoms with Crippen molar-refractivity contribution in [3.63, 3.8) is 0 Å². The monoisotopic (exact) mass is 253 g/mol. The summed E-state index contributed by atoms with van der Waals surface area (Å²) in [4.78, 5) is 23.1. The normalized spacial score (nSPS) is 9.95. The first-order chi connectivity index (χ1) is 9.15. The summed E-state index contributed by atoms with van der Waals surface area (Å²) in [7, 11) is 0. The molecular weight excluding hydrogens is 238 g/mol. The molecule has 0 aliphatic heterocycles. The molecule has 1 N–H and O–H groups in total. The van der Waals surface area contributed by atoms with E-state index in [4.69, 9.17) is 0 Å². The topological polar surface area (TPSA) is 46.2 Å². The summed E-state index contributed by atoms with van der Waals surface area (Å²) < 4.78 is 0. The molecule has 2 aromatic rings. The van der Waals surface area contributed by atoms with Crippen LogP contribution in [0.1, 0.15) is 22.8 Å². The average molecular weight is 253 g/mol. The Morgan fingerprint density at radius 1 is 1.00 bits per heavy atom. The van der Waals surface area contributed by atoms with Gasteiger partial charge in [0, 0.05) is 11.3 Å². The summed E-state index contributed by atoms with van der Waals surface area (Å²) in [5.41, 5.74) is 2.20. The quantitative estimate of drug-likeness (QED) is 0.851. The van der Waals surface area contributed by atoms with Crippen LogP contribution in [0.2, 0.25) is 0 Å². The van der Waals surface area contributed by atoms with E-state index in [0.717, 1.165) is 5.56 Å². The van der Waals surface area contributed by atoms with Gasteiger partial charge in [-0.05, 0) is 24.6 Å². The molecule has 0 aliphatic rings. The predicted octanol–water partition coefficient (Wildman–Crippen LogP) is 3.07. The SMILES string of the molecule is CC(=O)c1cccc(NC(=O)Cc2ccccc2)c1. The molecule has 2 aromatic carbocycles. The number of Topliss-reactive ketones (excluding diaryl/α,β-unsaturated/α-hetero) is 1. The molecule has 0 aromatic heterocycles. The van der Waals surface area contributed by atoms with Crippen LogP contribution in [0, 0.1) is 0 Å². The number of hydrogen-bond acceptors (Lipinski definition) is 2. The zero-order valence-electron chi connectivity index (χ0n) is 10.7. The molecule has 0 saturated carbocycles. The number of anilines is 1. The largest absolute Gasteiger partial charge is 0.326 e. The standard InChI is InChI=1S/C16H15NO2/c1-12(18)14-8-5-9-15(11-14)17-16(19)10-13-6-3-2-4-7-13/h2-9,11H,10H2,1H3,(H,17,19). The maximum atomic E-state index is 11.9. The van der Waals surface area contributed by atoms with Crippen molar-refractivity contribution in [3.8, 4) is 0 Å². The molecule has 0 fully saturated rings. The Balaban J connectivity index is 2.03. The molecule has 0 atom stereocenters. The average Bonchev–Trinajstić information content (AvgIpc) is 2.40. The van der Waals surface area contributed by atoms with Crippen molar-refractivity contribution in [1.29, 1.82) is 0 Å². The second kappa shape index (κ2) is 5.96. The highest BCUT2D eigenvalue weighted by Gasteiger charge is 2.05. The van der Waals surface area contributed by atoms with Gasteiger partial charge in [-0.2, -0.15) is 0 Å². The molecule has 0 heterocycles. The highest BCUT2D eigenvalue weighted by atomic mass is 16.1. The van der Waals surface area contributed by atoms with Gasteiger partial charge in [0.1, 0.15) is 0 Å². The van der Waals surface area contributed by atoms with E-state index in [1.165, 1.54) is 6.92 Å². The lowest BCUT2D eigenvalue weighted by Gasteiger charge is -2.06. The van der Waals surface area contributed by atoms with E-state index in [0.29, 0.717) is 17.7 Å². The minimum Gasteiger partial charge on any atom is -0.326 e. The van der Waals surface area contributed by atoms with Gasteiger partial charge in [0.25, 0.3) is 0 Å². The lowest BCUT2D eigenvalue weighted by Crippen LogP contribution is -2.14. The fourth-order valence-corrected chi connectivity index (χ4v) is 1.80. The Morgan fingerprint density at radius 2 is 1.74 bits per heavy atom. The van der Waals surface area contributed by atoms with Crippen molar-refractivity contribution >= 4 is 17.4 Å². The minimum absolute atomic E-state index is 0.0147. The molecular formula is C16H15NO2. The second-order valence-corrected chi connectivity index (χ2v) is 4.35. The van der Waals surface area contributed by atoms with Crippen molar-refractivity contribution in [2.45, 2.75) is 13.3 Å². The lowest BCUT2D eigenvalue weighted by atomic mass is 10.1. The Labute approximate surface area is 112 Å². The number of carbonyl (C=O) groups is 2. The second-order valence-electron chi connectivity index (χ2n) is 4.35. The molecule has 3 nitrogen and oxygen atoms in total. The van der Waals surface area contributed by atoms with E-state index in [1.807, 2.05) is 30.3 Å². The highest BCUT2D eigenvalue weighted by molar-refractivity contribution is 5.97. The fraction of sp³-hybridized carbons (Fsp3) is 0.125. The number of rotatable bonds is 4. The third-order valence-corrected chi connectivity index (χ3v) is 2.76. The zero-order chi connectivity index (χ0) is 13.7. The molecule has 1 amide bonds. The van der Waals surface area contributed by atoms with Crippen LogP contribution in [0.15, 0.2) is 54.6 Å².